The van der Waals surface area contributed by atoms with E-state index in [0.29, 0.717) is 5.92 Å². The number of carbonyl (C=O) groups is 1. The Morgan fingerprint density at radius 1 is 1.21 bits per heavy atom. The molecule has 3 nitrogen and oxygen atoms in total. The molecule has 100 valence electrons. The number of furan rings is 1. The fraction of sp³-hybridized carbons (Fsp3) is 0.438. The van der Waals surface area contributed by atoms with Gasteiger partial charge in [0.1, 0.15) is 5.58 Å². The van der Waals surface area contributed by atoms with Crippen LogP contribution in [0.5, 0.6) is 0 Å². The van der Waals surface area contributed by atoms with Gasteiger partial charge in [-0.3, -0.25) is 4.79 Å². The van der Waals surface area contributed by atoms with Crippen molar-refractivity contribution in [3.05, 3.63) is 36.1 Å². The highest BCUT2D eigenvalue weighted by molar-refractivity contribution is 5.80. The van der Waals surface area contributed by atoms with E-state index in [-0.39, 0.29) is 5.92 Å². The average Bonchev–Trinajstić information content (AvgIpc) is 2.83. The lowest BCUT2D eigenvalue weighted by Gasteiger charge is -2.25. The lowest BCUT2D eigenvalue weighted by Crippen LogP contribution is -2.22. The number of carboxylic acids is 1. The van der Waals surface area contributed by atoms with Gasteiger partial charge in [-0.25, -0.2) is 0 Å². The van der Waals surface area contributed by atoms with E-state index in [9.17, 15) is 4.79 Å². The van der Waals surface area contributed by atoms with Crippen LogP contribution in [0.15, 0.2) is 34.9 Å². The largest absolute Gasteiger partial charge is 0.481 e. The first kappa shape index (κ1) is 12.3. The molecule has 0 aliphatic heterocycles. The van der Waals surface area contributed by atoms with Gasteiger partial charge < -0.3 is 9.52 Å². The molecule has 1 saturated carbocycles. The Morgan fingerprint density at radius 2 is 1.95 bits per heavy atom. The summed E-state index contributed by atoms with van der Waals surface area (Å²) in [5, 5.41) is 10.2. The molecule has 1 N–H and O–H groups in total. The fourth-order valence-electron chi connectivity index (χ4n) is 3.12. The molecule has 0 saturated heterocycles. The highest BCUT2D eigenvalue weighted by Gasteiger charge is 2.26. The van der Waals surface area contributed by atoms with Crippen molar-refractivity contribution in [1.29, 1.82) is 0 Å². The minimum Gasteiger partial charge on any atom is -0.481 e. The van der Waals surface area contributed by atoms with Crippen LogP contribution in [-0.4, -0.2) is 11.1 Å². The Morgan fingerprint density at radius 3 is 2.68 bits per heavy atom. The molecular weight excluding hydrogens is 240 g/mol. The Kier molecular flexibility index (Phi) is 3.28. The molecule has 3 heteroatoms. The molecule has 3 rings (SSSR count). The first-order valence-corrected chi connectivity index (χ1v) is 6.92. The van der Waals surface area contributed by atoms with Gasteiger partial charge in [-0.15, -0.1) is 0 Å². The van der Waals surface area contributed by atoms with Crippen LogP contribution >= 0.6 is 0 Å². The van der Waals surface area contributed by atoms with Gasteiger partial charge in [-0.1, -0.05) is 18.2 Å². The molecule has 19 heavy (non-hydrogen) atoms. The van der Waals surface area contributed by atoms with Crippen molar-refractivity contribution in [3.63, 3.8) is 0 Å². The third-order valence-electron chi connectivity index (χ3n) is 4.27. The summed E-state index contributed by atoms with van der Waals surface area (Å²) in [7, 11) is 0. The van der Waals surface area contributed by atoms with Gasteiger partial charge in [0, 0.05) is 5.39 Å². The van der Waals surface area contributed by atoms with Gasteiger partial charge in [0.2, 0.25) is 0 Å². The van der Waals surface area contributed by atoms with Gasteiger partial charge in [0.25, 0.3) is 0 Å². The molecule has 1 aliphatic carbocycles. The minimum absolute atomic E-state index is 0.127. The van der Waals surface area contributed by atoms with Gasteiger partial charge in [-0.05, 0) is 49.7 Å². The Labute approximate surface area is 112 Å². The number of rotatable bonds is 3. The summed E-state index contributed by atoms with van der Waals surface area (Å²) >= 11 is 0. The summed E-state index contributed by atoms with van der Waals surface area (Å²) in [5.74, 6) is -0.166. The van der Waals surface area contributed by atoms with E-state index in [1.807, 2.05) is 24.5 Å². The van der Waals surface area contributed by atoms with E-state index in [1.54, 1.807) is 0 Å². The van der Waals surface area contributed by atoms with E-state index >= 15 is 0 Å². The summed E-state index contributed by atoms with van der Waals surface area (Å²) in [6.45, 7) is 0. The molecule has 0 bridgehead atoms. The maximum absolute atomic E-state index is 10.9. The molecule has 2 aromatic rings. The molecular formula is C16H18O3. The molecule has 0 spiro atoms. The molecule has 1 aromatic heterocycles. The van der Waals surface area contributed by atoms with Crippen molar-refractivity contribution in [2.45, 2.75) is 32.1 Å². The van der Waals surface area contributed by atoms with Crippen LogP contribution in [0.25, 0.3) is 11.0 Å². The Balaban J connectivity index is 1.68. The van der Waals surface area contributed by atoms with Crippen molar-refractivity contribution in [3.8, 4) is 0 Å². The van der Waals surface area contributed by atoms with Crippen LogP contribution < -0.4 is 0 Å². The number of fused-ring (bicyclic) bond motifs is 1. The second-order valence-electron chi connectivity index (χ2n) is 5.52. The van der Waals surface area contributed by atoms with Crippen molar-refractivity contribution in [2.75, 3.05) is 0 Å². The number of hydrogen-bond acceptors (Lipinski definition) is 2. The van der Waals surface area contributed by atoms with E-state index in [2.05, 4.69) is 6.07 Å². The van der Waals surface area contributed by atoms with Crippen molar-refractivity contribution < 1.29 is 14.3 Å². The predicted octanol–water partition coefficient (Wildman–Crippen LogP) is 3.87. The number of carboxylic acid groups (broad SMARTS) is 1. The van der Waals surface area contributed by atoms with Crippen LogP contribution in [0.4, 0.5) is 0 Å². The van der Waals surface area contributed by atoms with Crippen LogP contribution in [0.1, 0.15) is 31.2 Å². The monoisotopic (exact) mass is 258 g/mol. The van der Waals surface area contributed by atoms with E-state index in [0.717, 1.165) is 37.7 Å². The zero-order chi connectivity index (χ0) is 13.2. The molecule has 0 atom stereocenters. The molecule has 0 unspecified atom stereocenters. The predicted molar refractivity (Wildman–Crippen MR) is 73.0 cm³/mol. The SMILES string of the molecule is O=C(O)C1CCC(Cc2coc3ccccc23)CC1. The summed E-state index contributed by atoms with van der Waals surface area (Å²) in [6.07, 6.45) is 6.51. The number of hydrogen-bond donors (Lipinski definition) is 1. The maximum atomic E-state index is 10.9. The zero-order valence-electron chi connectivity index (χ0n) is 10.8. The summed E-state index contributed by atoms with van der Waals surface area (Å²) in [4.78, 5) is 10.9. The first-order chi connectivity index (χ1) is 9.24. The molecule has 1 aromatic carbocycles. The van der Waals surface area contributed by atoms with Crippen LogP contribution in [0, 0.1) is 11.8 Å². The third kappa shape index (κ3) is 2.50. The van der Waals surface area contributed by atoms with Gasteiger partial charge in [-0.2, -0.15) is 0 Å². The quantitative estimate of drug-likeness (QED) is 0.909. The molecule has 1 fully saturated rings. The standard InChI is InChI=1S/C16H18O3/c17-16(18)12-7-5-11(6-8-12)9-13-10-19-15-4-2-1-3-14(13)15/h1-4,10-12H,5-9H2,(H,17,18). The number of benzene rings is 1. The lowest BCUT2D eigenvalue weighted by molar-refractivity contribution is -0.143. The minimum atomic E-state index is -0.632. The second kappa shape index (κ2) is 5.08. The van der Waals surface area contributed by atoms with E-state index in [1.165, 1.54) is 10.9 Å². The van der Waals surface area contributed by atoms with Gasteiger partial charge in [0.05, 0.1) is 12.2 Å². The molecule has 1 aliphatic rings. The van der Waals surface area contributed by atoms with Crippen molar-refractivity contribution in [1.82, 2.24) is 0 Å². The smallest absolute Gasteiger partial charge is 0.306 e. The maximum Gasteiger partial charge on any atom is 0.306 e. The molecule has 0 amide bonds. The van der Waals surface area contributed by atoms with E-state index in [4.69, 9.17) is 9.52 Å². The average molecular weight is 258 g/mol. The van der Waals surface area contributed by atoms with Crippen LogP contribution in [-0.2, 0) is 11.2 Å². The third-order valence-corrected chi connectivity index (χ3v) is 4.27. The summed E-state index contributed by atoms with van der Waals surface area (Å²) < 4.78 is 5.56. The van der Waals surface area contributed by atoms with Crippen LogP contribution in [0.2, 0.25) is 0 Å². The highest BCUT2D eigenvalue weighted by atomic mass is 16.4. The second-order valence-corrected chi connectivity index (χ2v) is 5.52. The fourth-order valence-corrected chi connectivity index (χ4v) is 3.12. The Hall–Kier alpha value is -1.77. The van der Waals surface area contributed by atoms with Crippen molar-refractivity contribution in [2.24, 2.45) is 11.8 Å². The topological polar surface area (TPSA) is 50.4 Å². The number of para-hydroxylation sites is 1. The normalized spacial score (nSPS) is 23.6. The van der Waals surface area contributed by atoms with Gasteiger partial charge >= 0.3 is 5.97 Å². The molecule has 0 radical (unpaired) electrons. The summed E-state index contributed by atoms with van der Waals surface area (Å²) in [5.41, 5.74) is 2.20. The van der Waals surface area contributed by atoms with Crippen LogP contribution in [0.3, 0.4) is 0 Å². The van der Waals surface area contributed by atoms with Gasteiger partial charge in [0.15, 0.2) is 0 Å². The zero-order valence-corrected chi connectivity index (χ0v) is 10.8. The summed E-state index contributed by atoms with van der Waals surface area (Å²) in [6, 6.07) is 8.09. The van der Waals surface area contributed by atoms with Crippen molar-refractivity contribution >= 4 is 16.9 Å². The first-order valence-electron chi connectivity index (χ1n) is 6.92. The Bertz CT molecular complexity index is 576. The lowest BCUT2D eigenvalue weighted by atomic mass is 9.79. The van der Waals surface area contributed by atoms with E-state index < -0.39 is 5.97 Å². The number of aliphatic carboxylic acids is 1. The highest BCUT2D eigenvalue weighted by Crippen LogP contribution is 2.33. The molecule has 1 heterocycles.